The molecule has 1 N–H and O–H groups in total. The molecule has 1 fully saturated rings. The van der Waals surface area contributed by atoms with Gasteiger partial charge < -0.3 is 10.1 Å². The van der Waals surface area contributed by atoms with E-state index in [9.17, 15) is 18.0 Å². The molecule has 1 aliphatic heterocycles. The Bertz CT molecular complexity index is 846. The Morgan fingerprint density at radius 1 is 1.34 bits per heavy atom. The maximum Gasteiger partial charge on any atom is 0.416 e. The SMILES string of the molecule is CCOc1ccc(C(F)(F)F)cc1NC(=O)C1CCN(Cc2csc(C)n2)CC1. The summed E-state index contributed by atoms with van der Waals surface area (Å²) in [6, 6.07) is 3.14. The molecule has 0 aliphatic carbocycles. The fourth-order valence-electron chi connectivity index (χ4n) is 3.38. The first kappa shape index (κ1) is 21.6. The number of alkyl halides is 3. The molecule has 3 rings (SSSR count). The molecule has 1 amide bonds. The summed E-state index contributed by atoms with van der Waals surface area (Å²) < 4.78 is 44.5. The first-order valence-corrected chi connectivity index (χ1v) is 10.4. The highest BCUT2D eigenvalue weighted by Crippen LogP contribution is 2.35. The van der Waals surface area contributed by atoms with E-state index >= 15 is 0 Å². The number of hydrogen-bond acceptors (Lipinski definition) is 5. The minimum absolute atomic E-state index is 0.0621. The molecule has 0 spiro atoms. The molecule has 1 aromatic carbocycles. The van der Waals surface area contributed by atoms with Gasteiger partial charge in [-0.2, -0.15) is 13.2 Å². The molecule has 158 valence electrons. The number of nitrogens with zero attached hydrogens (tertiary/aromatic N) is 2. The summed E-state index contributed by atoms with van der Waals surface area (Å²) in [5, 5.41) is 5.72. The lowest BCUT2D eigenvalue weighted by Gasteiger charge is -2.30. The van der Waals surface area contributed by atoms with E-state index in [2.05, 4.69) is 15.2 Å². The molecule has 0 saturated carbocycles. The van der Waals surface area contributed by atoms with Crippen molar-refractivity contribution in [2.75, 3.05) is 25.0 Å². The Morgan fingerprint density at radius 3 is 2.66 bits per heavy atom. The van der Waals surface area contributed by atoms with Crippen LogP contribution >= 0.6 is 11.3 Å². The lowest BCUT2D eigenvalue weighted by Crippen LogP contribution is -2.37. The Labute approximate surface area is 171 Å². The van der Waals surface area contributed by atoms with E-state index in [1.54, 1.807) is 18.3 Å². The lowest BCUT2D eigenvalue weighted by molar-refractivity contribution is -0.137. The molecule has 5 nitrogen and oxygen atoms in total. The number of ether oxygens (including phenoxy) is 1. The van der Waals surface area contributed by atoms with Gasteiger partial charge in [0.15, 0.2) is 0 Å². The molecule has 0 atom stereocenters. The second-order valence-electron chi connectivity index (χ2n) is 7.04. The van der Waals surface area contributed by atoms with Crippen LogP contribution in [0, 0.1) is 12.8 Å². The molecule has 2 heterocycles. The van der Waals surface area contributed by atoms with Crippen molar-refractivity contribution in [2.24, 2.45) is 5.92 Å². The molecule has 0 radical (unpaired) electrons. The molecule has 2 aromatic rings. The van der Waals surface area contributed by atoms with Crippen molar-refractivity contribution in [1.82, 2.24) is 9.88 Å². The molecule has 1 saturated heterocycles. The smallest absolute Gasteiger partial charge is 0.416 e. The summed E-state index contributed by atoms with van der Waals surface area (Å²) in [5.74, 6) is -0.271. The third-order valence-corrected chi connectivity index (χ3v) is 5.70. The standard InChI is InChI=1S/C20H24F3N3O2S/c1-3-28-18-5-4-15(20(21,22)23)10-17(18)25-19(27)14-6-8-26(9-7-14)11-16-12-29-13(2)24-16/h4-5,10,12,14H,3,6-9,11H2,1-2H3,(H,25,27). The average molecular weight is 427 g/mol. The van der Waals surface area contributed by atoms with Gasteiger partial charge in [0.1, 0.15) is 5.75 Å². The Hall–Kier alpha value is -2.13. The quantitative estimate of drug-likeness (QED) is 0.725. The van der Waals surface area contributed by atoms with Crippen molar-refractivity contribution in [2.45, 2.75) is 39.4 Å². The van der Waals surface area contributed by atoms with Gasteiger partial charge in [-0.25, -0.2) is 4.98 Å². The highest BCUT2D eigenvalue weighted by Gasteiger charge is 2.32. The number of thiazole rings is 1. The lowest BCUT2D eigenvalue weighted by atomic mass is 9.95. The van der Waals surface area contributed by atoms with Crippen molar-refractivity contribution < 1.29 is 22.7 Å². The first-order valence-electron chi connectivity index (χ1n) is 9.54. The second kappa shape index (κ2) is 9.13. The van der Waals surface area contributed by atoms with Crippen LogP contribution in [-0.2, 0) is 17.5 Å². The van der Waals surface area contributed by atoms with E-state index in [1.165, 1.54) is 6.07 Å². The van der Waals surface area contributed by atoms with Gasteiger partial charge in [-0.1, -0.05) is 0 Å². The largest absolute Gasteiger partial charge is 0.492 e. The number of amides is 1. The molecule has 1 aliphatic rings. The molecule has 1 aromatic heterocycles. The minimum Gasteiger partial charge on any atom is -0.492 e. The van der Waals surface area contributed by atoms with Gasteiger partial charge in [-0.3, -0.25) is 9.69 Å². The summed E-state index contributed by atoms with van der Waals surface area (Å²) in [4.78, 5) is 19.4. The van der Waals surface area contributed by atoms with Crippen molar-refractivity contribution in [3.05, 3.63) is 39.8 Å². The third kappa shape index (κ3) is 5.70. The number of aromatic nitrogens is 1. The van der Waals surface area contributed by atoms with Gasteiger partial charge in [0.05, 0.1) is 28.6 Å². The molecule has 0 bridgehead atoms. The maximum absolute atomic E-state index is 13.0. The van der Waals surface area contributed by atoms with E-state index in [0.717, 1.165) is 42.5 Å². The van der Waals surface area contributed by atoms with Gasteiger partial charge in [-0.15, -0.1) is 11.3 Å². The number of hydrogen-bond donors (Lipinski definition) is 1. The fourth-order valence-corrected chi connectivity index (χ4v) is 3.99. The molecular formula is C20H24F3N3O2S. The predicted octanol–water partition coefficient (Wildman–Crippen LogP) is 4.72. The van der Waals surface area contributed by atoms with Crippen LogP contribution in [0.2, 0.25) is 0 Å². The van der Waals surface area contributed by atoms with Gasteiger partial charge in [0.2, 0.25) is 5.91 Å². The number of rotatable bonds is 6. The maximum atomic E-state index is 13.0. The highest BCUT2D eigenvalue weighted by atomic mass is 32.1. The summed E-state index contributed by atoms with van der Waals surface area (Å²) in [7, 11) is 0. The number of anilines is 1. The zero-order valence-electron chi connectivity index (χ0n) is 16.4. The van der Waals surface area contributed by atoms with Crippen molar-refractivity contribution in [1.29, 1.82) is 0 Å². The molecule has 9 heteroatoms. The number of benzene rings is 1. The summed E-state index contributed by atoms with van der Waals surface area (Å²) in [6.45, 7) is 6.24. The molecule has 0 unspecified atom stereocenters. The number of nitrogens with one attached hydrogen (secondary N) is 1. The Balaban J connectivity index is 1.61. The van der Waals surface area contributed by atoms with Gasteiger partial charge in [0.25, 0.3) is 0 Å². The number of halogens is 3. The van der Waals surface area contributed by atoms with E-state index < -0.39 is 11.7 Å². The van der Waals surface area contributed by atoms with Crippen molar-refractivity contribution in [3.8, 4) is 5.75 Å². The van der Waals surface area contributed by atoms with Crippen LogP contribution < -0.4 is 10.1 Å². The summed E-state index contributed by atoms with van der Waals surface area (Å²) >= 11 is 1.61. The van der Waals surface area contributed by atoms with Crippen LogP contribution in [0.15, 0.2) is 23.6 Å². The fraction of sp³-hybridized carbons (Fsp3) is 0.500. The minimum atomic E-state index is -4.48. The average Bonchev–Trinajstić information content (AvgIpc) is 3.07. The predicted molar refractivity (Wildman–Crippen MR) is 106 cm³/mol. The normalized spacial score (nSPS) is 16.0. The molecular weight excluding hydrogens is 403 g/mol. The number of carbonyl (C=O) groups is 1. The number of aryl methyl sites for hydroxylation is 1. The van der Waals surface area contributed by atoms with Crippen LogP contribution in [0.25, 0.3) is 0 Å². The van der Waals surface area contributed by atoms with Crippen molar-refractivity contribution >= 4 is 22.9 Å². The van der Waals surface area contributed by atoms with Gasteiger partial charge >= 0.3 is 6.18 Å². The topological polar surface area (TPSA) is 54.5 Å². The summed E-state index contributed by atoms with van der Waals surface area (Å²) in [6.07, 6.45) is -3.18. The Morgan fingerprint density at radius 2 is 2.07 bits per heavy atom. The summed E-state index contributed by atoms with van der Waals surface area (Å²) in [5.41, 5.74) is 0.275. The number of likely N-dealkylation sites (tertiary alicyclic amines) is 1. The second-order valence-corrected chi connectivity index (χ2v) is 8.10. The highest BCUT2D eigenvalue weighted by molar-refractivity contribution is 7.09. The first-order chi connectivity index (χ1) is 13.8. The van der Waals surface area contributed by atoms with Gasteiger partial charge in [0, 0.05) is 17.8 Å². The zero-order chi connectivity index (χ0) is 21.0. The number of carbonyl (C=O) groups excluding carboxylic acids is 1. The van der Waals surface area contributed by atoms with E-state index in [0.29, 0.717) is 19.4 Å². The van der Waals surface area contributed by atoms with E-state index in [1.807, 2.05) is 12.3 Å². The third-order valence-electron chi connectivity index (χ3n) is 4.88. The van der Waals surface area contributed by atoms with E-state index in [4.69, 9.17) is 4.74 Å². The Kier molecular flexibility index (Phi) is 6.79. The van der Waals surface area contributed by atoms with Crippen LogP contribution in [0.5, 0.6) is 5.75 Å². The van der Waals surface area contributed by atoms with E-state index in [-0.39, 0.29) is 23.3 Å². The van der Waals surface area contributed by atoms with Crippen LogP contribution in [0.3, 0.4) is 0 Å². The van der Waals surface area contributed by atoms with Gasteiger partial charge in [-0.05, 0) is 58.0 Å². The van der Waals surface area contributed by atoms with Crippen LogP contribution in [0.1, 0.15) is 36.0 Å². The van der Waals surface area contributed by atoms with Crippen molar-refractivity contribution in [3.63, 3.8) is 0 Å². The monoisotopic (exact) mass is 427 g/mol. The molecule has 29 heavy (non-hydrogen) atoms. The van der Waals surface area contributed by atoms with Crippen LogP contribution in [-0.4, -0.2) is 35.5 Å². The number of piperidine rings is 1. The van der Waals surface area contributed by atoms with Crippen LogP contribution in [0.4, 0.5) is 18.9 Å². The zero-order valence-corrected chi connectivity index (χ0v) is 17.2.